The molecular formula is C16H24N2O2. The predicted molar refractivity (Wildman–Crippen MR) is 79.9 cm³/mol. The largest absolute Gasteiger partial charge is 0.506 e. The maximum absolute atomic E-state index is 12.4. The Morgan fingerprint density at radius 2 is 1.70 bits per heavy atom. The zero-order valence-electron chi connectivity index (χ0n) is 12.6. The highest BCUT2D eigenvalue weighted by Gasteiger charge is 2.21. The number of hydrogen-bond acceptors (Lipinski definition) is 3. The molecule has 1 fully saturated rings. The maximum Gasteiger partial charge on any atom is 0.228 e. The highest BCUT2D eigenvalue weighted by molar-refractivity contribution is 5.92. The van der Waals surface area contributed by atoms with E-state index in [2.05, 4.69) is 10.3 Å². The summed E-state index contributed by atoms with van der Waals surface area (Å²) in [5.41, 5.74) is 2.19. The normalized spacial score (nSPS) is 16.8. The molecule has 1 aliphatic carbocycles. The van der Waals surface area contributed by atoms with Crippen molar-refractivity contribution in [1.82, 2.24) is 4.98 Å². The molecule has 20 heavy (non-hydrogen) atoms. The summed E-state index contributed by atoms with van der Waals surface area (Å²) in [5, 5.41) is 12.8. The summed E-state index contributed by atoms with van der Waals surface area (Å²) >= 11 is 0. The Bertz CT molecular complexity index is 504. The van der Waals surface area contributed by atoms with Crippen LogP contribution >= 0.6 is 0 Å². The van der Waals surface area contributed by atoms with Gasteiger partial charge in [-0.3, -0.25) is 4.79 Å². The number of aromatic hydroxyl groups is 1. The fourth-order valence-corrected chi connectivity index (χ4v) is 2.81. The lowest BCUT2D eigenvalue weighted by atomic mass is 9.99. The highest BCUT2D eigenvalue weighted by atomic mass is 16.3. The molecule has 110 valence electrons. The van der Waals surface area contributed by atoms with E-state index in [4.69, 9.17) is 0 Å². The van der Waals surface area contributed by atoms with E-state index in [1.165, 1.54) is 12.8 Å². The topological polar surface area (TPSA) is 62.2 Å². The molecule has 1 heterocycles. The van der Waals surface area contributed by atoms with E-state index in [0.29, 0.717) is 11.5 Å². The number of amides is 1. The Hall–Kier alpha value is -1.58. The quantitative estimate of drug-likeness (QED) is 0.811. The lowest BCUT2D eigenvalue weighted by molar-refractivity contribution is -0.120. The first kappa shape index (κ1) is 14.8. The summed E-state index contributed by atoms with van der Waals surface area (Å²) < 4.78 is 0. The molecule has 1 amide bonds. The Balaban J connectivity index is 2.15. The molecule has 0 radical (unpaired) electrons. The Kier molecular flexibility index (Phi) is 4.63. The number of carbonyl (C=O) groups excluding carboxylic acids is 1. The summed E-state index contributed by atoms with van der Waals surface area (Å²) in [6.07, 6.45) is 6.69. The van der Waals surface area contributed by atoms with Gasteiger partial charge < -0.3 is 10.4 Å². The number of anilines is 1. The van der Waals surface area contributed by atoms with E-state index in [1.54, 1.807) is 6.92 Å². The molecule has 0 atom stereocenters. The van der Waals surface area contributed by atoms with E-state index in [0.717, 1.165) is 36.8 Å². The summed E-state index contributed by atoms with van der Waals surface area (Å²) in [6, 6.07) is 0. The molecule has 4 nitrogen and oxygen atoms in total. The van der Waals surface area contributed by atoms with Crippen LogP contribution in [0.2, 0.25) is 0 Å². The Labute approximate surface area is 120 Å². The number of rotatable bonds is 2. The van der Waals surface area contributed by atoms with Crippen LogP contribution < -0.4 is 5.32 Å². The highest BCUT2D eigenvalue weighted by Crippen LogP contribution is 2.29. The predicted octanol–water partition coefficient (Wildman–Crippen LogP) is 3.62. The monoisotopic (exact) mass is 276 g/mol. The fourth-order valence-electron chi connectivity index (χ4n) is 2.81. The summed E-state index contributed by atoms with van der Waals surface area (Å²) in [5.74, 6) is 0.988. The van der Waals surface area contributed by atoms with Crippen LogP contribution in [0.15, 0.2) is 0 Å². The van der Waals surface area contributed by atoms with Gasteiger partial charge in [-0.05, 0) is 44.7 Å². The lowest BCUT2D eigenvalue weighted by Gasteiger charge is -2.17. The van der Waals surface area contributed by atoms with Crippen molar-refractivity contribution in [3.8, 4) is 5.75 Å². The number of hydrogen-bond donors (Lipinski definition) is 2. The van der Waals surface area contributed by atoms with E-state index < -0.39 is 0 Å². The van der Waals surface area contributed by atoms with Crippen molar-refractivity contribution in [1.29, 1.82) is 0 Å². The molecule has 1 aromatic heterocycles. The van der Waals surface area contributed by atoms with Crippen molar-refractivity contribution in [3.63, 3.8) is 0 Å². The number of pyridine rings is 1. The minimum Gasteiger partial charge on any atom is -0.506 e. The molecule has 1 aromatic rings. The van der Waals surface area contributed by atoms with Crippen LogP contribution in [0.1, 0.15) is 55.3 Å². The zero-order chi connectivity index (χ0) is 14.7. The van der Waals surface area contributed by atoms with Gasteiger partial charge in [-0.1, -0.05) is 25.7 Å². The second-order valence-electron chi connectivity index (χ2n) is 5.82. The molecule has 0 bridgehead atoms. The molecule has 0 spiro atoms. The smallest absolute Gasteiger partial charge is 0.228 e. The average molecular weight is 276 g/mol. The molecule has 0 saturated heterocycles. The van der Waals surface area contributed by atoms with Gasteiger partial charge in [0, 0.05) is 5.92 Å². The molecule has 0 aromatic carbocycles. The molecular weight excluding hydrogens is 252 g/mol. The number of aromatic nitrogens is 1. The fraction of sp³-hybridized carbons (Fsp3) is 0.625. The summed E-state index contributed by atoms with van der Waals surface area (Å²) in [4.78, 5) is 16.7. The first-order chi connectivity index (χ1) is 9.50. The van der Waals surface area contributed by atoms with Gasteiger partial charge in [0.1, 0.15) is 11.6 Å². The minimum absolute atomic E-state index is 0.0759. The van der Waals surface area contributed by atoms with Crippen molar-refractivity contribution in [2.75, 3.05) is 5.32 Å². The number of nitrogens with zero attached hydrogens (tertiary/aromatic N) is 1. The molecule has 1 saturated carbocycles. The molecule has 0 aliphatic heterocycles. The Morgan fingerprint density at radius 1 is 1.10 bits per heavy atom. The van der Waals surface area contributed by atoms with Gasteiger partial charge in [0.2, 0.25) is 5.91 Å². The third-order valence-electron chi connectivity index (χ3n) is 4.36. The second-order valence-corrected chi connectivity index (χ2v) is 5.82. The SMILES string of the molecule is Cc1nc(NC(=O)C2CCCCCC2)c(C)c(C)c1O. The number of carbonyl (C=O) groups is 1. The van der Waals surface area contributed by atoms with Crippen molar-refractivity contribution in [2.24, 2.45) is 5.92 Å². The molecule has 2 rings (SSSR count). The van der Waals surface area contributed by atoms with Crippen LogP contribution in [-0.2, 0) is 4.79 Å². The van der Waals surface area contributed by atoms with Crippen LogP contribution in [0.4, 0.5) is 5.82 Å². The second kappa shape index (κ2) is 6.25. The zero-order valence-corrected chi connectivity index (χ0v) is 12.6. The van der Waals surface area contributed by atoms with E-state index >= 15 is 0 Å². The van der Waals surface area contributed by atoms with Gasteiger partial charge in [0.15, 0.2) is 0 Å². The van der Waals surface area contributed by atoms with Crippen LogP contribution in [0, 0.1) is 26.7 Å². The van der Waals surface area contributed by atoms with Gasteiger partial charge in [-0.15, -0.1) is 0 Å². The number of nitrogens with one attached hydrogen (secondary N) is 1. The molecule has 1 aliphatic rings. The summed E-state index contributed by atoms with van der Waals surface area (Å²) in [6.45, 7) is 5.48. The van der Waals surface area contributed by atoms with Crippen molar-refractivity contribution in [3.05, 3.63) is 16.8 Å². The van der Waals surface area contributed by atoms with Crippen molar-refractivity contribution >= 4 is 11.7 Å². The van der Waals surface area contributed by atoms with Crippen molar-refractivity contribution in [2.45, 2.75) is 59.3 Å². The van der Waals surface area contributed by atoms with Gasteiger partial charge in [0.25, 0.3) is 0 Å². The molecule has 0 unspecified atom stereocenters. The minimum atomic E-state index is 0.0759. The van der Waals surface area contributed by atoms with Gasteiger partial charge in [-0.2, -0.15) is 0 Å². The van der Waals surface area contributed by atoms with Crippen LogP contribution in [0.25, 0.3) is 0 Å². The first-order valence-electron chi connectivity index (χ1n) is 7.48. The molecule has 2 N–H and O–H groups in total. The Morgan fingerprint density at radius 3 is 2.30 bits per heavy atom. The van der Waals surface area contributed by atoms with E-state index in [1.807, 2.05) is 13.8 Å². The van der Waals surface area contributed by atoms with E-state index in [9.17, 15) is 9.90 Å². The van der Waals surface area contributed by atoms with E-state index in [-0.39, 0.29) is 17.6 Å². The van der Waals surface area contributed by atoms with Crippen LogP contribution in [0.5, 0.6) is 5.75 Å². The van der Waals surface area contributed by atoms with Gasteiger partial charge in [0.05, 0.1) is 5.69 Å². The average Bonchev–Trinajstić information content (AvgIpc) is 2.71. The van der Waals surface area contributed by atoms with Gasteiger partial charge >= 0.3 is 0 Å². The van der Waals surface area contributed by atoms with Crippen molar-refractivity contribution < 1.29 is 9.90 Å². The number of aryl methyl sites for hydroxylation is 1. The van der Waals surface area contributed by atoms with Crippen LogP contribution in [0.3, 0.4) is 0 Å². The molecule has 4 heteroatoms. The maximum atomic E-state index is 12.4. The summed E-state index contributed by atoms with van der Waals surface area (Å²) in [7, 11) is 0. The van der Waals surface area contributed by atoms with Gasteiger partial charge in [-0.25, -0.2) is 4.98 Å². The third-order valence-corrected chi connectivity index (χ3v) is 4.36. The first-order valence-corrected chi connectivity index (χ1v) is 7.48. The van der Waals surface area contributed by atoms with Crippen LogP contribution in [-0.4, -0.2) is 16.0 Å². The lowest BCUT2D eigenvalue weighted by Crippen LogP contribution is -2.23. The standard InChI is InChI=1S/C16H24N2O2/c1-10-11(2)15(17-12(3)14(10)19)18-16(20)13-8-6-4-5-7-9-13/h13,19H,4-9H2,1-3H3,(H,17,18,20). The third kappa shape index (κ3) is 3.11.